The molecular weight excluding hydrogens is 232 g/mol. The first-order valence-electron chi connectivity index (χ1n) is 8.62. The maximum atomic E-state index is 11.1. The first-order valence-corrected chi connectivity index (χ1v) is 8.62. The molecule has 0 spiro atoms. The van der Waals surface area contributed by atoms with E-state index in [1.165, 1.54) is 77.0 Å². The number of rotatable bonds is 15. The normalized spacial score (nSPS) is 10.8. The highest BCUT2D eigenvalue weighted by atomic mass is 16.1. The lowest BCUT2D eigenvalue weighted by atomic mass is 10.0. The van der Waals surface area contributed by atoms with Crippen molar-refractivity contribution in [3.63, 3.8) is 0 Å². The van der Waals surface area contributed by atoms with Gasteiger partial charge in [-0.1, -0.05) is 84.0 Å². The van der Waals surface area contributed by atoms with E-state index in [0.717, 1.165) is 12.8 Å². The van der Waals surface area contributed by atoms with Crippen LogP contribution in [0.1, 0.15) is 103 Å². The van der Waals surface area contributed by atoms with Crippen LogP contribution in [0.15, 0.2) is 0 Å². The predicted molar refractivity (Wildman–Crippen MR) is 85.3 cm³/mol. The summed E-state index contributed by atoms with van der Waals surface area (Å²) in [5.74, 6) is 0.322. The van der Waals surface area contributed by atoms with Crippen molar-refractivity contribution >= 4 is 5.78 Å². The average Bonchev–Trinajstić information content (AvgIpc) is 2.43. The lowest BCUT2D eigenvalue weighted by Crippen LogP contribution is -1.94. The van der Waals surface area contributed by atoms with Gasteiger partial charge in [-0.25, -0.2) is 0 Å². The van der Waals surface area contributed by atoms with Crippen LogP contribution in [0.3, 0.4) is 0 Å². The highest BCUT2D eigenvalue weighted by Crippen LogP contribution is 2.13. The van der Waals surface area contributed by atoms with Crippen LogP contribution in [0.5, 0.6) is 0 Å². The van der Waals surface area contributed by atoms with Crippen LogP contribution in [-0.2, 0) is 4.79 Å². The summed E-state index contributed by atoms with van der Waals surface area (Å²) in [5.41, 5.74) is 0. The third-order valence-electron chi connectivity index (χ3n) is 3.84. The zero-order chi connectivity index (χ0) is 14.2. The molecule has 0 fully saturated rings. The predicted octanol–water partition coefficient (Wildman–Crippen LogP) is 6.26. The molecule has 1 nitrogen and oxygen atoms in total. The standard InChI is InChI=1S/C18H35O/c1-3-5-6-7-8-9-10-11-12-13-14-15-16-17-18(19)4-2/h2-17H2,1H3. The van der Waals surface area contributed by atoms with E-state index in [1.54, 1.807) is 0 Å². The van der Waals surface area contributed by atoms with Crippen LogP contribution in [0, 0.1) is 6.92 Å². The molecule has 0 aromatic carbocycles. The topological polar surface area (TPSA) is 17.1 Å². The van der Waals surface area contributed by atoms with E-state index in [0.29, 0.717) is 12.2 Å². The Morgan fingerprint density at radius 1 is 0.684 bits per heavy atom. The van der Waals surface area contributed by atoms with Crippen LogP contribution in [0.4, 0.5) is 0 Å². The van der Waals surface area contributed by atoms with Gasteiger partial charge in [-0.2, -0.15) is 0 Å². The highest BCUT2D eigenvalue weighted by molar-refractivity contribution is 5.78. The quantitative estimate of drug-likeness (QED) is 0.320. The summed E-state index contributed by atoms with van der Waals surface area (Å²) in [5, 5.41) is 0. The molecule has 0 atom stereocenters. The van der Waals surface area contributed by atoms with E-state index < -0.39 is 0 Å². The zero-order valence-corrected chi connectivity index (χ0v) is 13.2. The monoisotopic (exact) mass is 267 g/mol. The minimum atomic E-state index is 0.322. The molecule has 0 aliphatic carbocycles. The van der Waals surface area contributed by atoms with Gasteiger partial charge in [0.25, 0.3) is 0 Å². The fourth-order valence-electron chi connectivity index (χ4n) is 2.46. The maximum absolute atomic E-state index is 11.1. The Labute approximate surface area is 121 Å². The van der Waals surface area contributed by atoms with Gasteiger partial charge in [0.15, 0.2) is 0 Å². The second-order valence-corrected chi connectivity index (χ2v) is 5.78. The van der Waals surface area contributed by atoms with E-state index >= 15 is 0 Å². The Bertz CT molecular complexity index is 186. The molecule has 0 N–H and O–H groups in total. The van der Waals surface area contributed by atoms with Crippen molar-refractivity contribution in [3.8, 4) is 0 Å². The molecule has 1 radical (unpaired) electrons. The number of hydrogen-bond acceptors (Lipinski definition) is 1. The lowest BCUT2D eigenvalue weighted by Gasteiger charge is -2.02. The van der Waals surface area contributed by atoms with Gasteiger partial charge >= 0.3 is 0 Å². The summed E-state index contributed by atoms with van der Waals surface area (Å²) in [6, 6.07) is 0. The molecule has 0 rings (SSSR count). The van der Waals surface area contributed by atoms with E-state index in [9.17, 15) is 4.79 Å². The summed E-state index contributed by atoms with van der Waals surface area (Å²) in [7, 11) is 0. The van der Waals surface area contributed by atoms with Crippen LogP contribution < -0.4 is 0 Å². The second-order valence-electron chi connectivity index (χ2n) is 5.78. The first kappa shape index (κ1) is 18.7. The van der Waals surface area contributed by atoms with Crippen LogP contribution in [0.2, 0.25) is 0 Å². The molecule has 0 amide bonds. The van der Waals surface area contributed by atoms with Gasteiger partial charge in [-0.05, 0) is 13.3 Å². The minimum Gasteiger partial charge on any atom is -0.300 e. The smallest absolute Gasteiger partial charge is 0.132 e. The van der Waals surface area contributed by atoms with Crippen LogP contribution in [0.25, 0.3) is 0 Å². The third-order valence-corrected chi connectivity index (χ3v) is 3.84. The van der Waals surface area contributed by atoms with Gasteiger partial charge in [0.2, 0.25) is 0 Å². The van der Waals surface area contributed by atoms with Gasteiger partial charge in [-0.15, -0.1) is 0 Å². The van der Waals surface area contributed by atoms with E-state index in [4.69, 9.17) is 0 Å². The molecule has 0 aliphatic heterocycles. The number of carbonyl (C=O) groups excluding carboxylic acids is 1. The fourth-order valence-corrected chi connectivity index (χ4v) is 2.46. The number of hydrogen-bond donors (Lipinski definition) is 0. The van der Waals surface area contributed by atoms with Gasteiger partial charge in [0, 0.05) is 12.8 Å². The van der Waals surface area contributed by atoms with Gasteiger partial charge in [0.1, 0.15) is 5.78 Å². The summed E-state index contributed by atoms with van der Waals surface area (Å²) in [4.78, 5) is 11.1. The summed E-state index contributed by atoms with van der Waals surface area (Å²) < 4.78 is 0. The van der Waals surface area contributed by atoms with Gasteiger partial charge < -0.3 is 0 Å². The van der Waals surface area contributed by atoms with Crippen molar-refractivity contribution in [1.82, 2.24) is 0 Å². The molecule has 113 valence electrons. The average molecular weight is 267 g/mol. The van der Waals surface area contributed by atoms with Gasteiger partial charge in [-0.3, -0.25) is 4.79 Å². The second kappa shape index (κ2) is 15.7. The molecule has 0 aromatic rings. The molecular formula is C18H35O. The fraction of sp³-hybridized carbons (Fsp3) is 0.889. The number of Topliss-reactive ketones (excluding diaryl/α,β-unsaturated/α-hetero) is 1. The zero-order valence-electron chi connectivity index (χ0n) is 13.2. The van der Waals surface area contributed by atoms with Crippen molar-refractivity contribution in [2.24, 2.45) is 0 Å². The Morgan fingerprint density at radius 2 is 1.05 bits per heavy atom. The minimum absolute atomic E-state index is 0.322. The van der Waals surface area contributed by atoms with Crippen molar-refractivity contribution in [2.75, 3.05) is 0 Å². The van der Waals surface area contributed by atoms with E-state index in [-0.39, 0.29) is 0 Å². The SMILES string of the molecule is [CH2]CC(=O)CCCCCCCCCCCCCCC. The summed E-state index contributed by atoms with van der Waals surface area (Å²) >= 11 is 0. The van der Waals surface area contributed by atoms with Crippen molar-refractivity contribution in [2.45, 2.75) is 103 Å². The molecule has 0 saturated carbocycles. The number of unbranched alkanes of at least 4 members (excludes halogenated alkanes) is 12. The van der Waals surface area contributed by atoms with Crippen molar-refractivity contribution < 1.29 is 4.79 Å². The Balaban J connectivity index is 2.97. The van der Waals surface area contributed by atoms with Crippen molar-refractivity contribution in [3.05, 3.63) is 6.92 Å². The van der Waals surface area contributed by atoms with E-state index in [1.807, 2.05) is 0 Å². The Kier molecular flexibility index (Phi) is 15.5. The van der Waals surface area contributed by atoms with Crippen LogP contribution >= 0.6 is 0 Å². The third kappa shape index (κ3) is 15.6. The Hall–Kier alpha value is -0.330. The molecule has 0 aromatic heterocycles. The first-order chi connectivity index (χ1) is 9.31. The molecule has 0 unspecified atom stereocenters. The number of ketones is 1. The van der Waals surface area contributed by atoms with E-state index in [2.05, 4.69) is 13.8 Å². The summed E-state index contributed by atoms with van der Waals surface area (Å²) in [6.07, 6.45) is 18.9. The lowest BCUT2D eigenvalue weighted by molar-refractivity contribution is -0.118. The highest BCUT2D eigenvalue weighted by Gasteiger charge is 1.97. The van der Waals surface area contributed by atoms with Gasteiger partial charge in [0.05, 0.1) is 0 Å². The molecule has 0 heterocycles. The van der Waals surface area contributed by atoms with Crippen LogP contribution in [-0.4, -0.2) is 5.78 Å². The molecule has 0 bridgehead atoms. The molecule has 0 aliphatic rings. The number of carbonyl (C=O) groups is 1. The Morgan fingerprint density at radius 3 is 1.42 bits per heavy atom. The molecule has 1 heteroatoms. The maximum Gasteiger partial charge on any atom is 0.132 e. The largest absolute Gasteiger partial charge is 0.300 e. The summed E-state index contributed by atoms with van der Waals surface area (Å²) in [6.45, 7) is 5.89. The molecule has 0 saturated heterocycles. The molecule has 19 heavy (non-hydrogen) atoms. The van der Waals surface area contributed by atoms with Crippen molar-refractivity contribution in [1.29, 1.82) is 0 Å².